The summed E-state index contributed by atoms with van der Waals surface area (Å²) in [7, 11) is 0. The minimum atomic E-state index is -1.38. The highest BCUT2D eigenvalue weighted by molar-refractivity contribution is 5.92. The molecule has 0 aromatic heterocycles. The van der Waals surface area contributed by atoms with Gasteiger partial charge in [-0.15, -0.1) is 0 Å². The first-order valence-electron chi connectivity index (χ1n) is 7.52. The number of hydrogen-bond donors (Lipinski definition) is 6. The molecular formula is C14H26N4O6. The van der Waals surface area contributed by atoms with Crippen molar-refractivity contribution in [1.29, 1.82) is 0 Å². The SMILES string of the molecule is CC(C)[C@H](NC(=O)[C@@H](NC(=O)[C@@H](N)CCC(N)=O)[C@@H](C)O)C(=O)O. The van der Waals surface area contributed by atoms with Gasteiger partial charge in [-0.3, -0.25) is 14.4 Å². The molecule has 0 spiro atoms. The lowest BCUT2D eigenvalue weighted by atomic mass is 10.0. The molecule has 10 heteroatoms. The third kappa shape index (κ3) is 7.38. The number of carbonyl (C=O) groups excluding carboxylic acids is 3. The molecule has 0 heterocycles. The largest absolute Gasteiger partial charge is 0.480 e. The molecule has 4 atom stereocenters. The highest BCUT2D eigenvalue weighted by atomic mass is 16.4. The van der Waals surface area contributed by atoms with E-state index in [0.29, 0.717) is 0 Å². The van der Waals surface area contributed by atoms with E-state index in [0.717, 1.165) is 0 Å². The number of hydrogen-bond acceptors (Lipinski definition) is 6. The van der Waals surface area contributed by atoms with Gasteiger partial charge in [-0.25, -0.2) is 4.79 Å². The second-order valence-corrected chi connectivity index (χ2v) is 5.91. The molecule has 0 bridgehead atoms. The average molecular weight is 346 g/mol. The topological polar surface area (TPSA) is 185 Å². The maximum absolute atomic E-state index is 12.2. The van der Waals surface area contributed by atoms with E-state index in [1.807, 2.05) is 0 Å². The number of aliphatic hydroxyl groups is 1. The lowest BCUT2D eigenvalue weighted by molar-refractivity contribution is -0.144. The molecule has 10 nitrogen and oxygen atoms in total. The van der Waals surface area contributed by atoms with Crippen LogP contribution < -0.4 is 22.1 Å². The van der Waals surface area contributed by atoms with Gasteiger partial charge in [0.05, 0.1) is 12.1 Å². The molecule has 0 aromatic rings. The van der Waals surface area contributed by atoms with Crippen LogP contribution in [0.15, 0.2) is 0 Å². The Hall–Kier alpha value is -2.20. The number of nitrogens with one attached hydrogen (secondary N) is 2. The van der Waals surface area contributed by atoms with E-state index in [1.54, 1.807) is 13.8 Å². The lowest BCUT2D eigenvalue weighted by Crippen LogP contribution is -2.58. The number of carboxylic acids is 1. The van der Waals surface area contributed by atoms with Gasteiger partial charge in [-0.1, -0.05) is 13.8 Å². The fourth-order valence-corrected chi connectivity index (χ4v) is 1.85. The van der Waals surface area contributed by atoms with Crippen molar-refractivity contribution < 1.29 is 29.4 Å². The summed E-state index contributed by atoms with van der Waals surface area (Å²) in [5, 5.41) is 23.3. The monoisotopic (exact) mass is 346 g/mol. The summed E-state index contributed by atoms with van der Waals surface area (Å²) in [5.74, 6) is -3.85. The van der Waals surface area contributed by atoms with Crippen molar-refractivity contribution in [3.63, 3.8) is 0 Å². The molecule has 24 heavy (non-hydrogen) atoms. The molecule has 0 aromatic carbocycles. The van der Waals surface area contributed by atoms with Crippen molar-refractivity contribution in [1.82, 2.24) is 10.6 Å². The predicted molar refractivity (Wildman–Crippen MR) is 84.4 cm³/mol. The number of rotatable bonds is 10. The van der Waals surface area contributed by atoms with Crippen LogP contribution in [-0.2, 0) is 19.2 Å². The van der Waals surface area contributed by atoms with E-state index < -0.39 is 53.8 Å². The molecule has 3 amide bonds. The Kier molecular flexibility index (Phi) is 8.93. The first-order chi connectivity index (χ1) is 11.0. The van der Waals surface area contributed by atoms with Crippen LogP contribution in [0, 0.1) is 5.92 Å². The Morgan fingerprint density at radius 3 is 1.88 bits per heavy atom. The van der Waals surface area contributed by atoms with Crippen LogP contribution in [0.25, 0.3) is 0 Å². The number of nitrogens with two attached hydrogens (primary N) is 2. The third-order valence-corrected chi connectivity index (χ3v) is 3.33. The van der Waals surface area contributed by atoms with Gasteiger partial charge in [0.15, 0.2) is 0 Å². The van der Waals surface area contributed by atoms with E-state index >= 15 is 0 Å². The quantitative estimate of drug-likeness (QED) is 0.256. The van der Waals surface area contributed by atoms with Crippen molar-refractivity contribution in [3.8, 4) is 0 Å². The molecule has 0 saturated carbocycles. The molecule has 0 rings (SSSR count). The van der Waals surface area contributed by atoms with E-state index in [1.165, 1.54) is 6.92 Å². The molecule has 0 radical (unpaired) electrons. The Bertz CT molecular complexity index is 480. The van der Waals surface area contributed by atoms with Gasteiger partial charge in [-0.2, -0.15) is 0 Å². The summed E-state index contributed by atoms with van der Waals surface area (Å²) >= 11 is 0. The number of aliphatic hydroxyl groups excluding tert-OH is 1. The summed E-state index contributed by atoms with van der Waals surface area (Å²) in [6.45, 7) is 4.48. The number of amides is 3. The minimum absolute atomic E-state index is 0.0148. The molecule has 0 unspecified atom stereocenters. The third-order valence-electron chi connectivity index (χ3n) is 3.33. The fourth-order valence-electron chi connectivity index (χ4n) is 1.85. The molecular weight excluding hydrogens is 320 g/mol. The van der Waals surface area contributed by atoms with Crippen molar-refractivity contribution in [2.45, 2.75) is 57.8 Å². The molecule has 0 aliphatic carbocycles. The standard InChI is InChI=1S/C14H26N4O6/c1-6(2)10(14(23)24)17-13(22)11(7(3)19)18-12(21)8(15)4-5-9(16)20/h6-8,10-11,19H,4-5,15H2,1-3H3,(H2,16,20)(H,17,22)(H,18,21)(H,23,24)/t7-,8+,10+,11+/m1/s1. The van der Waals surface area contributed by atoms with Gasteiger partial charge >= 0.3 is 5.97 Å². The zero-order valence-corrected chi connectivity index (χ0v) is 14.0. The Labute approximate surface area is 139 Å². The molecule has 138 valence electrons. The Balaban J connectivity index is 4.90. The zero-order chi connectivity index (χ0) is 19.0. The van der Waals surface area contributed by atoms with Gasteiger partial charge < -0.3 is 32.3 Å². The summed E-state index contributed by atoms with van der Waals surface area (Å²) in [6, 6.07) is -3.64. The van der Waals surface area contributed by atoms with E-state index in [-0.39, 0.29) is 12.8 Å². The maximum atomic E-state index is 12.2. The first kappa shape index (κ1) is 21.8. The summed E-state index contributed by atoms with van der Waals surface area (Å²) in [4.78, 5) is 45.9. The minimum Gasteiger partial charge on any atom is -0.480 e. The zero-order valence-electron chi connectivity index (χ0n) is 14.0. The van der Waals surface area contributed by atoms with Crippen LogP contribution in [0.3, 0.4) is 0 Å². The van der Waals surface area contributed by atoms with Crippen molar-refractivity contribution in [3.05, 3.63) is 0 Å². The predicted octanol–water partition coefficient (Wildman–Crippen LogP) is -2.33. The van der Waals surface area contributed by atoms with E-state index in [2.05, 4.69) is 10.6 Å². The number of carboxylic acid groups (broad SMARTS) is 1. The Morgan fingerprint density at radius 1 is 1.00 bits per heavy atom. The summed E-state index contributed by atoms with van der Waals surface area (Å²) < 4.78 is 0. The van der Waals surface area contributed by atoms with E-state index in [4.69, 9.17) is 16.6 Å². The second kappa shape index (κ2) is 9.83. The first-order valence-corrected chi connectivity index (χ1v) is 7.52. The van der Waals surface area contributed by atoms with Gasteiger partial charge in [0.1, 0.15) is 12.1 Å². The van der Waals surface area contributed by atoms with Crippen molar-refractivity contribution in [2.75, 3.05) is 0 Å². The molecule has 0 aliphatic rings. The number of carbonyl (C=O) groups is 4. The van der Waals surface area contributed by atoms with Gasteiger partial charge in [0.2, 0.25) is 17.7 Å². The Morgan fingerprint density at radius 2 is 1.50 bits per heavy atom. The van der Waals surface area contributed by atoms with Gasteiger partial charge in [0.25, 0.3) is 0 Å². The van der Waals surface area contributed by atoms with E-state index in [9.17, 15) is 24.3 Å². The van der Waals surface area contributed by atoms with Crippen molar-refractivity contribution in [2.24, 2.45) is 17.4 Å². The van der Waals surface area contributed by atoms with Crippen LogP contribution >= 0.6 is 0 Å². The maximum Gasteiger partial charge on any atom is 0.326 e. The molecule has 0 aliphatic heterocycles. The number of aliphatic carboxylic acids is 1. The normalized spacial score (nSPS) is 15.9. The lowest BCUT2D eigenvalue weighted by Gasteiger charge is -2.25. The van der Waals surface area contributed by atoms with Crippen LogP contribution in [0.1, 0.15) is 33.6 Å². The van der Waals surface area contributed by atoms with Gasteiger partial charge in [0, 0.05) is 6.42 Å². The highest BCUT2D eigenvalue weighted by Crippen LogP contribution is 2.04. The smallest absolute Gasteiger partial charge is 0.326 e. The van der Waals surface area contributed by atoms with Gasteiger partial charge in [-0.05, 0) is 19.3 Å². The molecule has 0 saturated heterocycles. The second-order valence-electron chi connectivity index (χ2n) is 5.91. The molecule has 8 N–H and O–H groups in total. The van der Waals surface area contributed by atoms with Crippen LogP contribution in [0.4, 0.5) is 0 Å². The highest BCUT2D eigenvalue weighted by Gasteiger charge is 2.32. The van der Waals surface area contributed by atoms with Crippen LogP contribution in [-0.4, -0.2) is 58.1 Å². The average Bonchev–Trinajstić information content (AvgIpc) is 2.45. The summed E-state index contributed by atoms with van der Waals surface area (Å²) in [6.07, 6.45) is -1.40. The van der Waals surface area contributed by atoms with Crippen LogP contribution in [0.2, 0.25) is 0 Å². The number of primary amides is 1. The fraction of sp³-hybridized carbons (Fsp3) is 0.714. The van der Waals surface area contributed by atoms with Crippen molar-refractivity contribution >= 4 is 23.7 Å². The molecule has 0 fully saturated rings. The summed E-state index contributed by atoms with van der Waals surface area (Å²) in [5.41, 5.74) is 10.5. The van der Waals surface area contributed by atoms with Crippen LogP contribution in [0.5, 0.6) is 0 Å².